The van der Waals surface area contributed by atoms with E-state index >= 15 is 0 Å². The summed E-state index contributed by atoms with van der Waals surface area (Å²) in [4.78, 5) is 13.5. The van der Waals surface area contributed by atoms with Gasteiger partial charge >= 0.3 is 0 Å². The smallest absolute Gasteiger partial charge is 0.239 e. The van der Waals surface area contributed by atoms with Gasteiger partial charge in [0.05, 0.1) is 13.7 Å². The van der Waals surface area contributed by atoms with Gasteiger partial charge in [0.1, 0.15) is 35.6 Å². The fourth-order valence-electron chi connectivity index (χ4n) is 3.74. The number of aliphatic hydroxyl groups is 4. The van der Waals surface area contributed by atoms with Crippen LogP contribution in [0.3, 0.4) is 0 Å². The van der Waals surface area contributed by atoms with Crippen LogP contribution in [-0.2, 0) is 4.74 Å². The zero-order valence-corrected chi connectivity index (χ0v) is 18.0. The zero-order chi connectivity index (χ0) is 25.6. The Bertz CT molecular complexity index is 1320. The Balaban J connectivity index is 1.97. The fourth-order valence-corrected chi connectivity index (χ4v) is 3.74. The molecule has 5 unspecified atom stereocenters. The summed E-state index contributed by atoms with van der Waals surface area (Å²) in [5, 5.41) is 79.4. The van der Waals surface area contributed by atoms with Gasteiger partial charge in [-0.05, 0) is 18.2 Å². The van der Waals surface area contributed by atoms with Crippen LogP contribution in [0.4, 0.5) is 0 Å². The molecule has 1 aromatic heterocycles. The van der Waals surface area contributed by atoms with Crippen molar-refractivity contribution in [2.75, 3.05) is 13.7 Å². The van der Waals surface area contributed by atoms with Gasteiger partial charge in [-0.3, -0.25) is 4.79 Å². The molecule has 0 saturated carbocycles. The van der Waals surface area contributed by atoms with Gasteiger partial charge in [0.25, 0.3) is 0 Å². The Morgan fingerprint density at radius 1 is 0.886 bits per heavy atom. The van der Waals surface area contributed by atoms with Gasteiger partial charge < -0.3 is 59.5 Å². The largest absolute Gasteiger partial charge is 0.507 e. The van der Waals surface area contributed by atoms with Gasteiger partial charge in [0, 0.05) is 11.6 Å². The molecule has 5 atom stereocenters. The molecular weight excluding hydrogens is 472 g/mol. The lowest BCUT2D eigenvalue weighted by atomic mass is 9.99. The van der Waals surface area contributed by atoms with E-state index in [2.05, 4.69) is 0 Å². The summed E-state index contributed by atoms with van der Waals surface area (Å²) in [6.45, 7) is -0.757. The van der Waals surface area contributed by atoms with Gasteiger partial charge in [0.15, 0.2) is 28.6 Å². The Kier molecular flexibility index (Phi) is 6.36. The quantitative estimate of drug-likeness (QED) is 0.209. The molecule has 188 valence electrons. The van der Waals surface area contributed by atoms with E-state index in [4.69, 9.17) is 18.6 Å². The number of phenols is 4. The molecule has 2 aromatic carbocycles. The summed E-state index contributed by atoms with van der Waals surface area (Å²) in [5.74, 6) is -3.71. The minimum absolute atomic E-state index is 0.0243. The lowest BCUT2D eigenvalue weighted by Gasteiger charge is -2.39. The van der Waals surface area contributed by atoms with Crippen molar-refractivity contribution in [2.24, 2.45) is 0 Å². The summed E-state index contributed by atoms with van der Waals surface area (Å²) >= 11 is 0. The molecule has 13 heteroatoms. The number of ether oxygens (including phenoxy) is 3. The monoisotopic (exact) mass is 494 g/mol. The molecule has 0 aliphatic carbocycles. The zero-order valence-electron chi connectivity index (χ0n) is 18.0. The van der Waals surface area contributed by atoms with Gasteiger partial charge in [-0.15, -0.1) is 0 Å². The van der Waals surface area contributed by atoms with Crippen molar-refractivity contribution in [2.45, 2.75) is 30.7 Å². The molecule has 1 saturated heterocycles. The number of phenolic OH excluding ortho intramolecular Hbond substituents is 4. The number of rotatable bonds is 5. The minimum atomic E-state index is -1.88. The van der Waals surface area contributed by atoms with Crippen molar-refractivity contribution < 1.29 is 59.5 Å². The second-order valence-electron chi connectivity index (χ2n) is 7.76. The molecule has 0 radical (unpaired) electrons. The maximum absolute atomic E-state index is 13.5. The van der Waals surface area contributed by atoms with Crippen LogP contribution in [0.25, 0.3) is 22.3 Å². The molecule has 2 heterocycles. The Morgan fingerprint density at radius 2 is 1.60 bits per heavy atom. The first kappa shape index (κ1) is 24.4. The molecule has 13 nitrogen and oxygen atoms in total. The molecule has 1 aliphatic heterocycles. The molecule has 0 spiro atoms. The van der Waals surface area contributed by atoms with Crippen LogP contribution >= 0.6 is 0 Å². The second kappa shape index (κ2) is 9.13. The van der Waals surface area contributed by atoms with Gasteiger partial charge in [0.2, 0.25) is 23.2 Å². The number of aliphatic hydroxyl groups excluding tert-OH is 4. The molecule has 8 N–H and O–H groups in total. The number of methoxy groups -OCH3 is 1. The van der Waals surface area contributed by atoms with Crippen LogP contribution in [-0.4, -0.2) is 85.3 Å². The maximum atomic E-state index is 13.5. The Morgan fingerprint density at radius 3 is 2.23 bits per heavy atom. The van der Waals surface area contributed by atoms with Crippen molar-refractivity contribution in [3.63, 3.8) is 0 Å². The van der Waals surface area contributed by atoms with E-state index in [1.807, 2.05) is 0 Å². The number of aromatic hydroxyl groups is 4. The van der Waals surface area contributed by atoms with Crippen molar-refractivity contribution >= 4 is 11.0 Å². The highest BCUT2D eigenvalue weighted by Crippen LogP contribution is 2.44. The van der Waals surface area contributed by atoms with E-state index in [9.17, 15) is 45.6 Å². The van der Waals surface area contributed by atoms with Crippen LogP contribution in [0.5, 0.6) is 34.5 Å². The molecule has 3 aromatic rings. The summed E-state index contributed by atoms with van der Waals surface area (Å²) in [7, 11) is 1.18. The molecule has 1 aliphatic rings. The first-order valence-corrected chi connectivity index (χ1v) is 10.2. The predicted molar refractivity (Wildman–Crippen MR) is 116 cm³/mol. The molecule has 4 rings (SSSR count). The van der Waals surface area contributed by atoms with E-state index < -0.39 is 88.2 Å². The molecule has 0 bridgehead atoms. The van der Waals surface area contributed by atoms with Crippen molar-refractivity contribution in [3.8, 4) is 45.8 Å². The molecule has 1 fully saturated rings. The Hall–Kier alpha value is -3.75. The first-order valence-electron chi connectivity index (χ1n) is 10.2. The van der Waals surface area contributed by atoms with Crippen LogP contribution in [0, 0.1) is 0 Å². The highest BCUT2D eigenvalue weighted by Gasteiger charge is 2.45. The van der Waals surface area contributed by atoms with Crippen molar-refractivity contribution in [1.29, 1.82) is 0 Å². The van der Waals surface area contributed by atoms with Crippen LogP contribution in [0.15, 0.2) is 33.5 Å². The standard InChI is InChI=1S/C22H22O13/c1-32-19-11(27)5-10(26)13-15(29)21(35-22-17(31)16(30)14(28)12(6-23)33-22)18(34-20(13)19)7-2-3-8(24)9(25)4-7/h2-5,12,14,16-17,22-28,30-31H,6H2,1H3. The van der Waals surface area contributed by atoms with Crippen LogP contribution in [0.1, 0.15) is 0 Å². The highest BCUT2D eigenvalue weighted by atomic mass is 16.7. The average Bonchev–Trinajstić information content (AvgIpc) is 2.82. The predicted octanol–water partition coefficient (Wildman–Crippen LogP) is -0.530. The molecular formula is C22H22O13. The second-order valence-corrected chi connectivity index (χ2v) is 7.76. The van der Waals surface area contributed by atoms with E-state index in [1.165, 1.54) is 13.2 Å². The first-order chi connectivity index (χ1) is 16.6. The summed E-state index contributed by atoms with van der Waals surface area (Å²) in [6, 6.07) is 4.19. The molecule has 35 heavy (non-hydrogen) atoms. The third-order valence-electron chi connectivity index (χ3n) is 5.56. The lowest BCUT2D eigenvalue weighted by molar-refractivity contribution is -0.277. The Labute approximate surface area is 195 Å². The van der Waals surface area contributed by atoms with E-state index in [0.717, 1.165) is 18.2 Å². The summed E-state index contributed by atoms with van der Waals surface area (Å²) in [5.41, 5.74) is -1.44. The third-order valence-corrected chi connectivity index (χ3v) is 5.56. The lowest BCUT2D eigenvalue weighted by Crippen LogP contribution is -2.60. The number of hydrogen-bond donors (Lipinski definition) is 8. The third kappa shape index (κ3) is 4.05. The van der Waals surface area contributed by atoms with Gasteiger partial charge in [-0.2, -0.15) is 0 Å². The van der Waals surface area contributed by atoms with E-state index in [-0.39, 0.29) is 11.3 Å². The fraction of sp³-hybridized carbons (Fsp3) is 0.318. The maximum Gasteiger partial charge on any atom is 0.239 e. The van der Waals surface area contributed by atoms with Gasteiger partial charge in [-0.1, -0.05) is 0 Å². The van der Waals surface area contributed by atoms with Crippen LogP contribution in [0.2, 0.25) is 0 Å². The number of hydrogen-bond acceptors (Lipinski definition) is 13. The van der Waals surface area contributed by atoms with Gasteiger partial charge in [-0.25, -0.2) is 0 Å². The number of benzene rings is 2. The molecule has 0 amide bonds. The summed E-state index contributed by atoms with van der Waals surface area (Å²) < 4.78 is 21.7. The minimum Gasteiger partial charge on any atom is -0.507 e. The number of fused-ring (bicyclic) bond motifs is 1. The van der Waals surface area contributed by atoms with Crippen molar-refractivity contribution in [3.05, 3.63) is 34.5 Å². The normalized spacial score (nSPS) is 24.4. The van der Waals surface area contributed by atoms with Crippen molar-refractivity contribution in [1.82, 2.24) is 0 Å². The SMILES string of the molecule is COc1c(O)cc(O)c2c(=O)c(OC3OC(CO)C(O)C(O)C3O)c(-c3ccc(O)c(O)c3)oc12. The van der Waals surface area contributed by atoms with Crippen LogP contribution < -0.4 is 14.9 Å². The summed E-state index contributed by atoms with van der Waals surface area (Å²) in [6.07, 6.45) is -8.53. The topological polar surface area (TPSA) is 220 Å². The average molecular weight is 494 g/mol. The highest BCUT2D eigenvalue weighted by molar-refractivity contribution is 5.93. The van der Waals surface area contributed by atoms with E-state index in [0.29, 0.717) is 0 Å². The van der Waals surface area contributed by atoms with E-state index in [1.54, 1.807) is 0 Å².